The van der Waals surface area contributed by atoms with Gasteiger partial charge in [-0.15, -0.1) is 0 Å². The van der Waals surface area contributed by atoms with Crippen LogP contribution < -0.4 is 20.1 Å². The van der Waals surface area contributed by atoms with Crippen molar-refractivity contribution < 1.29 is 19.0 Å². The SMILES string of the molecule is COC(=O)c1cc(NC(=S)NCc2ccc(OC(C)C)c(OC)c2)ccc1Cl. The average molecular weight is 423 g/mol. The molecule has 0 aromatic heterocycles. The quantitative estimate of drug-likeness (QED) is 0.506. The van der Waals surface area contributed by atoms with E-state index in [1.165, 1.54) is 7.11 Å². The molecule has 0 amide bonds. The molecule has 0 aliphatic carbocycles. The summed E-state index contributed by atoms with van der Waals surface area (Å²) in [6.45, 7) is 4.41. The summed E-state index contributed by atoms with van der Waals surface area (Å²) in [5, 5.41) is 6.85. The normalized spacial score (nSPS) is 10.4. The lowest BCUT2D eigenvalue weighted by Gasteiger charge is -2.15. The van der Waals surface area contributed by atoms with Crippen molar-refractivity contribution in [1.82, 2.24) is 5.32 Å². The Labute approximate surface area is 175 Å². The number of hydrogen-bond acceptors (Lipinski definition) is 5. The molecule has 0 spiro atoms. The molecule has 28 heavy (non-hydrogen) atoms. The second-order valence-corrected chi connectivity index (χ2v) is 6.96. The number of ether oxygens (including phenoxy) is 3. The Kier molecular flexibility index (Phi) is 7.90. The lowest BCUT2D eigenvalue weighted by molar-refractivity contribution is 0.0601. The van der Waals surface area contributed by atoms with Crippen LogP contribution in [0.1, 0.15) is 29.8 Å². The third-order valence-corrected chi connectivity index (χ3v) is 4.25. The topological polar surface area (TPSA) is 68.8 Å². The Hall–Kier alpha value is -2.51. The van der Waals surface area contributed by atoms with Crippen molar-refractivity contribution in [2.24, 2.45) is 0 Å². The molecule has 0 atom stereocenters. The van der Waals surface area contributed by atoms with Gasteiger partial charge in [0.1, 0.15) is 0 Å². The van der Waals surface area contributed by atoms with E-state index in [9.17, 15) is 4.79 Å². The standard InChI is InChI=1S/C20H23ClN2O4S/c1-12(2)27-17-8-5-13(9-18(17)25-3)11-22-20(28)23-14-6-7-16(21)15(10-14)19(24)26-4/h5-10,12H,11H2,1-4H3,(H2,22,23,28). The summed E-state index contributed by atoms with van der Waals surface area (Å²) in [5.41, 5.74) is 1.87. The zero-order chi connectivity index (χ0) is 20.7. The Morgan fingerprint density at radius 2 is 1.89 bits per heavy atom. The van der Waals surface area contributed by atoms with Crippen molar-refractivity contribution >= 4 is 40.6 Å². The number of hydrogen-bond donors (Lipinski definition) is 2. The van der Waals surface area contributed by atoms with Gasteiger partial charge in [0.15, 0.2) is 16.6 Å². The smallest absolute Gasteiger partial charge is 0.339 e. The minimum absolute atomic E-state index is 0.0592. The molecule has 2 rings (SSSR count). The number of rotatable bonds is 7. The molecule has 8 heteroatoms. The van der Waals surface area contributed by atoms with Crippen molar-refractivity contribution in [2.45, 2.75) is 26.5 Å². The third kappa shape index (κ3) is 6.00. The van der Waals surface area contributed by atoms with Crippen molar-refractivity contribution in [1.29, 1.82) is 0 Å². The van der Waals surface area contributed by atoms with E-state index in [4.69, 9.17) is 38.0 Å². The summed E-state index contributed by atoms with van der Waals surface area (Å²) in [4.78, 5) is 11.7. The maximum atomic E-state index is 11.7. The fourth-order valence-corrected chi connectivity index (χ4v) is 2.79. The van der Waals surface area contributed by atoms with Gasteiger partial charge in [0.25, 0.3) is 0 Å². The van der Waals surface area contributed by atoms with Crippen LogP contribution in [0.15, 0.2) is 36.4 Å². The van der Waals surface area contributed by atoms with Crippen LogP contribution in [0.3, 0.4) is 0 Å². The van der Waals surface area contributed by atoms with Crippen LogP contribution in [0.2, 0.25) is 5.02 Å². The average Bonchev–Trinajstić information content (AvgIpc) is 2.67. The second kappa shape index (κ2) is 10.1. The van der Waals surface area contributed by atoms with E-state index in [2.05, 4.69) is 10.6 Å². The predicted octanol–water partition coefficient (Wildman–Crippen LogP) is 4.41. The summed E-state index contributed by atoms with van der Waals surface area (Å²) in [6.07, 6.45) is 0.0592. The van der Waals surface area contributed by atoms with Gasteiger partial charge in [-0.3, -0.25) is 0 Å². The lowest BCUT2D eigenvalue weighted by Crippen LogP contribution is -2.28. The number of halogens is 1. The zero-order valence-corrected chi connectivity index (χ0v) is 17.7. The summed E-state index contributed by atoms with van der Waals surface area (Å²) in [7, 11) is 2.90. The van der Waals surface area contributed by atoms with E-state index in [1.807, 2.05) is 32.0 Å². The summed E-state index contributed by atoms with van der Waals surface area (Å²) in [6, 6.07) is 10.6. The molecule has 0 heterocycles. The highest BCUT2D eigenvalue weighted by Gasteiger charge is 2.12. The van der Waals surface area contributed by atoms with Gasteiger partial charge >= 0.3 is 5.97 Å². The van der Waals surface area contributed by atoms with Gasteiger partial charge in [0.2, 0.25) is 0 Å². The monoisotopic (exact) mass is 422 g/mol. The summed E-state index contributed by atoms with van der Waals surface area (Å²) < 4.78 is 15.8. The van der Waals surface area contributed by atoms with Crippen LogP contribution in [0, 0.1) is 0 Å². The van der Waals surface area contributed by atoms with Crippen LogP contribution in [0.25, 0.3) is 0 Å². The maximum Gasteiger partial charge on any atom is 0.339 e. The molecule has 0 fully saturated rings. The van der Waals surface area contributed by atoms with Crippen LogP contribution in [0.5, 0.6) is 11.5 Å². The number of methoxy groups -OCH3 is 2. The molecule has 0 saturated heterocycles. The Bertz CT molecular complexity index is 858. The highest BCUT2D eigenvalue weighted by molar-refractivity contribution is 7.80. The number of carbonyl (C=O) groups excluding carboxylic acids is 1. The van der Waals surface area contributed by atoms with E-state index >= 15 is 0 Å². The molecular formula is C20H23ClN2O4S. The van der Waals surface area contributed by atoms with Gasteiger partial charge in [-0.2, -0.15) is 0 Å². The van der Waals surface area contributed by atoms with E-state index in [-0.39, 0.29) is 11.7 Å². The van der Waals surface area contributed by atoms with Crippen LogP contribution in [-0.4, -0.2) is 31.4 Å². The minimum Gasteiger partial charge on any atom is -0.493 e. The van der Waals surface area contributed by atoms with Crippen molar-refractivity contribution in [3.05, 3.63) is 52.5 Å². The summed E-state index contributed by atoms with van der Waals surface area (Å²) in [5.74, 6) is 0.842. The highest BCUT2D eigenvalue weighted by atomic mass is 35.5. The van der Waals surface area contributed by atoms with Crippen molar-refractivity contribution in [2.75, 3.05) is 19.5 Å². The van der Waals surface area contributed by atoms with Gasteiger partial charge in [-0.05, 0) is 62.0 Å². The third-order valence-electron chi connectivity index (χ3n) is 3.67. The molecule has 0 aliphatic rings. The summed E-state index contributed by atoms with van der Waals surface area (Å²) >= 11 is 11.3. The predicted molar refractivity (Wildman–Crippen MR) is 115 cm³/mol. The molecule has 150 valence electrons. The van der Waals surface area contributed by atoms with Gasteiger partial charge in [0, 0.05) is 12.2 Å². The van der Waals surface area contributed by atoms with E-state index < -0.39 is 5.97 Å². The lowest BCUT2D eigenvalue weighted by atomic mass is 10.2. The Balaban J connectivity index is 2.00. The van der Waals surface area contributed by atoms with Crippen molar-refractivity contribution in [3.8, 4) is 11.5 Å². The number of thiocarbonyl (C=S) groups is 1. The van der Waals surface area contributed by atoms with Gasteiger partial charge in [-0.25, -0.2) is 4.79 Å². The van der Waals surface area contributed by atoms with E-state index in [0.29, 0.717) is 33.9 Å². The minimum atomic E-state index is -0.511. The first-order chi connectivity index (χ1) is 13.3. The largest absolute Gasteiger partial charge is 0.493 e. The van der Waals surface area contributed by atoms with Crippen LogP contribution >= 0.6 is 23.8 Å². The molecule has 6 nitrogen and oxygen atoms in total. The molecule has 0 aliphatic heterocycles. The van der Waals surface area contributed by atoms with E-state index in [0.717, 1.165) is 5.56 Å². The molecule has 0 saturated carbocycles. The van der Waals surface area contributed by atoms with Crippen LogP contribution in [0.4, 0.5) is 5.69 Å². The van der Waals surface area contributed by atoms with Gasteiger partial charge in [0.05, 0.1) is 30.9 Å². The van der Waals surface area contributed by atoms with Crippen LogP contribution in [-0.2, 0) is 11.3 Å². The van der Waals surface area contributed by atoms with Gasteiger partial charge < -0.3 is 24.8 Å². The number of esters is 1. The highest BCUT2D eigenvalue weighted by Crippen LogP contribution is 2.29. The number of benzene rings is 2. The first-order valence-corrected chi connectivity index (χ1v) is 9.39. The molecule has 2 aromatic carbocycles. The molecule has 0 unspecified atom stereocenters. The molecule has 2 N–H and O–H groups in total. The first-order valence-electron chi connectivity index (χ1n) is 8.60. The Morgan fingerprint density at radius 1 is 1.14 bits per heavy atom. The molecule has 0 bridgehead atoms. The molecular weight excluding hydrogens is 400 g/mol. The number of carbonyl (C=O) groups is 1. The number of nitrogens with one attached hydrogen (secondary N) is 2. The van der Waals surface area contributed by atoms with Crippen molar-refractivity contribution in [3.63, 3.8) is 0 Å². The van der Waals surface area contributed by atoms with E-state index in [1.54, 1.807) is 25.3 Å². The second-order valence-electron chi connectivity index (χ2n) is 6.15. The zero-order valence-electron chi connectivity index (χ0n) is 16.2. The molecule has 2 aromatic rings. The Morgan fingerprint density at radius 3 is 2.54 bits per heavy atom. The first kappa shape index (κ1) is 21.8. The van der Waals surface area contributed by atoms with Gasteiger partial charge in [-0.1, -0.05) is 17.7 Å². The molecule has 0 radical (unpaired) electrons. The fraction of sp³-hybridized carbons (Fsp3) is 0.300. The fourth-order valence-electron chi connectivity index (χ4n) is 2.40. The number of anilines is 1. The maximum absolute atomic E-state index is 11.7.